The van der Waals surface area contributed by atoms with Gasteiger partial charge in [-0.2, -0.15) is 0 Å². The van der Waals surface area contributed by atoms with E-state index in [1.807, 2.05) is 0 Å². The molecule has 0 amide bonds. The zero-order chi connectivity index (χ0) is 13.7. The quantitative estimate of drug-likeness (QED) is 0.603. The molecule has 7 heteroatoms. The van der Waals surface area contributed by atoms with Gasteiger partial charge in [0.15, 0.2) is 0 Å². The van der Waals surface area contributed by atoms with Crippen molar-refractivity contribution in [3.05, 3.63) is 56.5 Å². The number of phenols is 2. The fraction of sp³-hybridized carbons (Fsp3) is 0. The van der Waals surface area contributed by atoms with Gasteiger partial charge in [-0.1, -0.05) is 46.4 Å². The largest absolute Gasteiger partial charge is 0.508 e. The van der Waals surface area contributed by atoms with Crippen LogP contribution in [-0.4, -0.2) is 10.2 Å². The number of aromatic hydroxyl groups is 2. The van der Waals surface area contributed by atoms with E-state index in [-0.39, 0.29) is 37.7 Å². The Kier molecular flexibility index (Phi) is 9.14. The van der Waals surface area contributed by atoms with Crippen molar-refractivity contribution in [1.29, 1.82) is 0 Å². The standard InChI is InChI=1S/2C6H4Cl2O.Zr/c2*7-4-1-5(8)3-6(9)2-4;/h2*1-3,9H;. The van der Waals surface area contributed by atoms with Crippen molar-refractivity contribution in [2.45, 2.75) is 0 Å². The van der Waals surface area contributed by atoms with E-state index in [0.717, 1.165) is 0 Å². The normalized spacial score (nSPS) is 9.05. The van der Waals surface area contributed by atoms with Crippen LogP contribution >= 0.6 is 46.4 Å². The molecular formula is C12H8Cl4O2Zr. The van der Waals surface area contributed by atoms with E-state index in [4.69, 9.17) is 56.6 Å². The summed E-state index contributed by atoms with van der Waals surface area (Å²) >= 11 is 22.0. The number of phenolic OH excluding ortho intramolecular Hbond substituents is 2. The van der Waals surface area contributed by atoms with Gasteiger partial charge in [0, 0.05) is 46.3 Å². The Balaban J connectivity index is 0.000000324. The zero-order valence-electron chi connectivity index (χ0n) is 9.37. The van der Waals surface area contributed by atoms with E-state index >= 15 is 0 Å². The van der Waals surface area contributed by atoms with Crippen LogP contribution in [0.5, 0.6) is 11.5 Å². The summed E-state index contributed by atoms with van der Waals surface area (Å²) in [5.41, 5.74) is 0. The maximum Gasteiger partial charge on any atom is 0.118 e. The zero-order valence-corrected chi connectivity index (χ0v) is 14.9. The molecule has 0 saturated carbocycles. The van der Waals surface area contributed by atoms with Crippen LogP contribution in [0.2, 0.25) is 20.1 Å². The van der Waals surface area contributed by atoms with Crippen LogP contribution in [0.1, 0.15) is 0 Å². The van der Waals surface area contributed by atoms with Gasteiger partial charge in [0.25, 0.3) is 0 Å². The molecule has 2 aromatic carbocycles. The molecule has 0 aliphatic heterocycles. The summed E-state index contributed by atoms with van der Waals surface area (Å²) in [6, 6.07) is 8.81. The first-order valence-electron chi connectivity index (χ1n) is 4.67. The van der Waals surface area contributed by atoms with Crippen LogP contribution < -0.4 is 0 Å². The Hall–Kier alpha value is 0.0831. The molecule has 0 fully saturated rings. The summed E-state index contributed by atoms with van der Waals surface area (Å²) in [5.74, 6) is 0.181. The van der Waals surface area contributed by atoms with Crippen molar-refractivity contribution in [3.8, 4) is 11.5 Å². The molecule has 0 aromatic heterocycles. The average Bonchev–Trinajstić information content (AvgIpc) is 2.12. The Morgan fingerprint density at radius 3 is 0.895 bits per heavy atom. The van der Waals surface area contributed by atoms with Gasteiger partial charge < -0.3 is 10.2 Å². The van der Waals surface area contributed by atoms with Crippen molar-refractivity contribution in [2.75, 3.05) is 0 Å². The van der Waals surface area contributed by atoms with Crippen molar-refractivity contribution in [1.82, 2.24) is 0 Å². The fourth-order valence-corrected chi connectivity index (χ4v) is 2.11. The van der Waals surface area contributed by atoms with E-state index in [2.05, 4.69) is 0 Å². The van der Waals surface area contributed by atoms with Crippen LogP contribution in [-0.2, 0) is 26.2 Å². The molecule has 100 valence electrons. The van der Waals surface area contributed by atoms with Gasteiger partial charge >= 0.3 is 0 Å². The molecule has 2 rings (SSSR count). The van der Waals surface area contributed by atoms with E-state index in [9.17, 15) is 0 Å². The second-order valence-electron chi connectivity index (χ2n) is 3.26. The van der Waals surface area contributed by atoms with Gasteiger partial charge in [-0.25, -0.2) is 0 Å². The van der Waals surface area contributed by atoms with Gasteiger partial charge in [-0.05, 0) is 36.4 Å². The number of halogens is 4. The SMILES string of the molecule is Oc1cc(Cl)cc(Cl)c1.Oc1cc(Cl)cc(Cl)c1.[Zr]. The maximum absolute atomic E-state index is 8.82. The summed E-state index contributed by atoms with van der Waals surface area (Å²) in [6.45, 7) is 0. The molecule has 0 unspecified atom stereocenters. The van der Waals surface area contributed by atoms with Crippen LogP contribution in [0.15, 0.2) is 36.4 Å². The van der Waals surface area contributed by atoms with Crippen molar-refractivity contribution < 1.29 is 36.4 Å². The minimum Gasteiger partial charge on any atom is -0.508 e. The summed E-state index contributed by atoms with van der Waals surface area (Å²) in [7, 11) is 0. The molecule has 2 nitrogen and oxygen atoms in total. The third-order valence-electron chi connectivity index (χ3n) is 1.69. The molecule has 0 heterocycles. The van der Waals surface area contributed by atoms with Gasteiger partial charge in [-0.3, -0.25) is 0 Å². The van der Waals surface area contributed by atoms with Crippen molar-refractivity contribution >= 4 is 46.4 Å². The Morgan fingerprint density at radius 2 is 0.737 bits per heavy atom. The van der Waals surface area contributed by atoms with Crippen LogP contribution in [0.3, 0.4) is 0 Å². The second kappa shape index (κ2) is 9.10. The molecule has 19 heavy (non-hydrogen) atoms. The van der Waals surface area contributed by atoms with E-state index in [0.29, 0.717) is 20.1 Å². The minimum absolute atomic E-state index is 0. The summed E-state index contributed by atoms with van der Waals surface area (Å²) in [6.07, 6.45) is 0. The maximum atomic E-state index is 8.82. The van der Waals surface area contributed by atoms with Crippen molar-refractivity contribution in [3.63, 3.8) is 0 Å². The first-order chi connectivity index (χ1) is 8.36. The molecule has 0 spiro atoms. The van der Waals surface area contributed by atoms with Crippen LogP contribution in [0, 0.1) is 0 Å². The summed E-state index contributed by atoms with van der Waals surface area (Å²) in [5, 5.41) is 19.4. The van der Waals surface area contributed by atoms with E-state index in [1.54, 1.807) is 12.1 Å². The topological polar surface area (TPSA) is 40.5 Å². The molecule has 0 saturated heterocycles. The first kappa shape index (κ1) is 19.1. The van der Waals surface area contributed by atoms with E-state index in [1.165, 1.54) is 24.3 Å². The predicted octanol–water partition coefficient (Wildman–Crippen LogP) is 5.40. The smallest absolute Gasteiger partial charge is 0.118 e. The molecule has 0 aliphatic carbocycles. The predicted molar refractivity (Wildman–Crippen MR) is 76.3 cm³/mol. The Morgan fingerprint density at radius 1 is 0.526 bits per heavy atom. The Labute approximate surface area is 150 Å². The van der Waals surface area contributed by atoms with Gasteiger partial charge in [-0.15, -0.1) is 0 Å². The third-order valence-corrected chi connectivity index (χ3v) is 2.57. The number of rotatable bonds is 0. The second-order valence-corrected chi connectivity index (χ2v) is 5.00. The third kappa shape index (κ3) is 8.06. The Bertz CT molecular complexity index is 399. The fourth-order valence-electron chi connectivity index (χ4n) is 1.08. The van der Waals surface area contributed by atoms with Crippen LogP contribution in [0.4, 0.5) is 0 Å². The molecular weight excluding hydrogens is 409 g/mol. The monoisotopic (exact) mass is 414 g/mol. The molecule has 0 aliphatic rings. The number of hydrogen-bond acceptors (Lipinski definition) is 2. The minimum atomic E-state index is 0. The molecule has 0 radical (unpaired) electrons. The first-order valence-corrected chi connectivity index (χ1v) is 6.18. The van der Waals surface area contributed by atoms with Gasteiger partial charge in [0.1, 0.15) is 11.5 Å². The van der Waals surface area contributed by atoms with Gasteiger partial charge in [0.2, 0.25) is 0 Å². The average molecular weight is 417 g/mol. The van der Waals surface area contributed by atoms with E-state index < -0.39 is 0 Å². The molecule has 2 N–H and O–H groups in total. The molecule has 0 atom stereocenters. The summed E-state index contributed by atoms with van der Waals surface area (Å²) < 4.78 is 0. The van der Waals surface area contributed by atoms with Crippen molar-refractivity contribution in [2.24, 2.45) is 0 Å². The molecule has 2 aromatic rings. The molecule has 0 bridgehead atoms. The number of hydrogen-bond donors (Lipinski definition) is 2. The summed E-state index contributed by atoms with van der Waals surface area (Å²) in [4.78, 5) is 0. The van der Waals surface area contributed by atoms with Crippen LogP contribution in [0.25, 0.3) is 0 Å². The number of benzene rings is 2. The van der Waals surface area contributed by atoms with Gasteiger partial charge in [0.05, 0.1) is 0 Å².